The Morgan fingerprint density at radius 3 is 2.56 bits per heavy atom. The van der Waals surface area contributed by atoms with Crippen LogP contribution in [0.1, 0.15) is 22.3 Å². The van der Waals surface area contributed by atoms with Crippen molar-refractivity contribution >= 4 is 17.4 Å². The van der Waals surface area contributed by atoms with E-state index < -0.39 is 17.5 Å². The highest BCUT2D eigenvalue weighted by atomic mass is 19.2. The fraction of sp³-hybridized carbons (Fsp3) is 0.143. The van der Waals surface area contributed by atoms with E-state index in [0.29, 0.717) is 11.4 Å². The van der Waals surface area contributed by atoms with Crippen LogP contribution in [0.15, 0.2) is 66.9 Å². The van der Waals surface area contributed by atoms with Crippen molar-refractivity contribution in [3.63, 3.8) is 0 Å². The van der Waals surface area contributed by atoms with Crippen LogP contribution in [0.2, 0.25) is 0 Å². The Kier molecular flexibility index (Phi) is 6.10. The second-order valence-electron chi connectivity index (χ2n) is 6.03. The number of pyridine rings is 1. The zero-order chi connectivity index (χ0) is 19.1. The molecule has 0 saturated carbocycles. The zero-order valence-corrected chi connectivity index (χ0v) is 14.6. The molecule has 2 aromatic carbocycles. The molecule has 138 valence electrons. The van der Waals surface area contributed by atoms with Gasteiger partial charge in [-0.3, -0.25) is 4.79 Å². The highest BCUT2D eigenvalue weighted by Crippen LogP contribution is 2.15. The van der Waals surface area contributed by atoms with Gasteiger partial charge in [-0.05, 0) is 42.7 Å². The van der Waals surface area contributed by atoms with Crippen molar-refractivity contribution in [2.24, 2.45) is 0 Å². The SMILES string of the molecule is O=C(Nc1ccc(F)c(F)c1)c1ccnc(NCCCc2ccccc2)c1. The molecule has 0 atom stereocenters. The average Bonchev–Trinajstić information content (AvgIpc) is 2.69. The van der Waals surface area contributed by atoms with Crippen LogP contribution < -0.4 is 10.6 Å². The predicted octanol–water partition coefficient (Wildman–Crippen LogP) is 4.66. The van der Waals surface area contributed by atoms with E-state index in [9.17, 15) is 13.6 Å². The largest absolute Gasteiger partial charge is 0.370 e. The number of carbonyl (C=O) groups is 1. The molecule has 0 unspecified atom stereocenters. The molecule has 0 aliphatic carbocycles. The first kappa shape index (κ1) is 18.5. The molecule has 0 aliphatic rings. The van der Waals surface area contributed by atoms with E-state index in [1.165, 1.54) is 17.8 Å². The minimum Gasteiger partial charge on any atom is -0.370 e. The molecule has 1 amide bonds. The Bertz CT molecular complexity index is 916. The number of nitrogens with one attached hydrogen (secondary N) is 2. The number of nitrogens with zero attached hydrogens (tertiary/aromatic N) is 1. The monoisotopic (exact) mass is 367 g/mol. The molecule has 27 heavy (non-hydrogen) atoms. The van der Waals surface area contributed by atoms with Crippen LogP contribution in [0.5, 0.6) is 0 Å². The number of rotatable bonds is 7. The lowest BCUT2D eigenvalue weighted by atomic mass is 10.1. The number of aromatic nitrogens is 1. The molecule has 0 fully saturated rings. The van der Waals surface area contributed by atoms with Gasteiger partial charge in [0, 0.05) is 30.1 Å². The van der Waals surface area contributed by atoms with E-state index in [0.717, 1.165) is 31.5 Å². The number of hydrogen-bond acceptors (Lipinski definition) is 3. The first-order valence-electron chi connectivity index (χ1n) is 8.62. The van der Waals surface area contributed by atoms with Gasteiger partial charge in [-0.1, -0.05) is 30.3 Å². The van der Waals surface area contributed by atoms with Crippen LogP contribution in [-0.4, -0.2) is 17.4 Å². The lowest BCUT2D eigenvalue weighted by Gasteiger charge is -2.09. The van der Waals surface area contributed by atoms with E-state index in [2.05, 4.69) is 27.8 Å². The smallest absolute Gasteiger partial charge is 0.255 e. The maximum atomic E-state index is 13.2. The molecule has 0 saturated heterocycles. The van der Waals surface area contributed by atoms with Gasteiger partial charge in [-0.2, -0.15) is 0 Å². The van der Waals surface area contributed by atoms with Crippen molar-refractivity contribution in [3.8, 4) is 0 Å². The Hall–Kier alpha value is -3.28. The second-order valence-corrected chi connectivity index (χ2v) is 6.03. The standard InChI is InChI=1S/C21H19F2N3O/c22-18-9-8-17(14-19(18)23)26-21(27)16-10-12-25-20(13-16)24-11-4-7-15-5-2-1-3-6-15/h1-3,5-6,8-10,12-14H,4,7,11H2,(H,24,25)(H,26,27). The Balaban J connectivity index is 1.54. The fourth-order valence-electron chi connectivity index (χ4n) is 2.60. The molecule has 0 radical (unpaired) electrons. The van der Waals surface area contributed by atoms with Crippen LogP contribution in [0.3, 0.4) is 0 Å². The summed E-state index contributed by atoms with van der Waals surface area (Å²) in [5, 5.41) is 5.73. The summed E-state index contributed by atoms with van der Waals surface area (Å²) in [6.07, 6.45) is 3.40. The third-order valence-corrected chi connectivity index (χ3v) is 3.99. The molecule has 0 aliphatic heterocycles. The normalized spacial score (nSPS) is 10.4. The van der Waals surface area contributed by atoms with E-state index in [1.54, 1.807) is 12.1 Å². The van der Waals surface area contributed by atoms with Crippen LogP contribution in [0.4, 0.5) is 20.3 Å². The molecule has 3 rings (SSSR count). The Labute approximate surface area is 156 Å². The van der Waals surface area contributed by atoms with Gasteiger partial charge in [0.2, 0.25) is 0 Å². The fourth-order valence-corrected chi connectivity index (χ4v) is 2.60. The molecule has 6 heteroatoms. The summed E-state index contributed by atoms with van der Waals surface area (Å²) in [5.74, 6) is -1.81. The van der Waals surface area contributed by atoms with Crippen molar-refractivity contribution < 1.29 is 13.6 Å². The van der Waals surface area contributed by atoms with Gasteiger partial charge in [-0.15, -0.1) is 0 Å². The minimum absolute atomic E-state index is 0.188. The van der Waals surface area contributed by atoms with Gasteiger partial charge in [0.25, 0.3) is 5.91 Å². The first-order valence-corrected chi connectivity index (χ1v) is 8.62. The molecular formula is C21H19F2N3O. The molecule has 2 N–H and O–H groups in total. The highest BCUT2D eigenvalue weighted by molar-refractivity contribution is 6.04. The van der Waals surface area contributed by atoms with Crippen LogP contribution in [0, 0.1) is 11.6 Å². The number of anilines is 2. The van der Waals surface area contributed by atoms with Gasteiger partial charge in [0.1, 0.15) is 5.82 Å². The van der Waals surface area contributed by atoms with Crippen molar-refractivity contribution in [1.29, 1.82) is 0 Å². The maximum Gasteiger partial charge on any atom is 0.255 e. The summed E-state index contributed by atoms with van der Waals surface area (Å²) >= 11 is 0. The Morgan fingerprint density at radius 1 is 0.963 bits per heavy atom. The lowest BCUT2D eigenvalue weighted by molar-refractivity contribution is 0.102. The molecule has 1 aromatic heterocycles. The topological polar surface area (TPSA) is 54.0 Å². The van der Waals surface area contributed by atoms with Crippen molar-refractivity contribution in [1.82, 2.24) is 4.98 Å². The zero-order valence-electron chi connectivity index (χ0n) is 14.6. The molecule has 1 heterocycles. The molecule has 0 bridgehead atoms. The molecule has 3 aromatic rings. The average molecular weight is 367 g/mol. The summed E-state index contributed by atoms with van der Waals surface area (Å²) in [6.45, 7) is 0.718. The first-order chi connectivity index (χ1) is 13.1. The van der Waals surface area contributed by atoms with Gasteiger partial charge < -0.3 is 10.6 Å². The summed E-state index contributed by atoms with van der Waals surface area (Å²) in [5.41, 5.74) is 1.83. The summed E-state index contributed by atoms with van der Waals surface area (Å²) in [7, 11) is 0. The number of halogens is 2. The number of amides is 1. The minimum atomic E-state index is -1.01. The van der Waals surface area contributed by atoms with Gasteiger partial charge in [0.15, 0.2) is 11.6 Å². The third kappa shape index (κ3) is 5.34. The predicted molar refractivity (Wildman–Crippen MR) is 102 cm³/mol. The highest BCUT2D eigenvalue weighted by Gasteiger charge is 2.09. The maximum absolute atomic E-state index is 13.2. The van der Waals surface area contributed by atoms with E-state index in [1.807, 2.05) is 18.2 Å². The van der Waals surface area contributed by atoms with Crippen LogP contribution in [0.25, 0.3) is 0 Å². The lowest BCUT2D eigenvalue weighted by Crippen LogP contribution is -2.13. The number of carbonyl (C=O) groups excluding carboxylic acids is 1. The van der Waals surface area contributed by atoms with Crippen LogP contribution in [-0.2, 0) is 6.42 Å². The molecular weight excluding hydrogens is 348 g/mol. The summed E-state index contributed by atoms with van der Waals surface area (Å²) in [6, 6.07) is 16.6. The van der Waals surface area contributed by atoms with Gasteiger partial charge in [0.05, 0.1) is 0 Å². The summed E-state index contributed by atoms with van der Waals surface area (Å²) in [4.78, 5) is 16.5. The number of aryl methyl sites for hydroxylation is 1. The van der Waals surface area contributed by atoms with Crippen molar-refractivity contribution in [2.75, 3.05) is 17.2 Å². The van der Waals surface area contributed by atoms with Crippen LogP contribution >= 0.6 is 0 Å². The van der Waals surface area contributed by atoms with Crippen molar-refractivity contribution in [2.45, 2.75) is 12.8 Å². The van der Waals surface area contributed by atoms with E-state index in [-0.39, 0.29) is 5.69 Å². The number of hydrogen-bond donors (Lipinski definition) is 2. The van der Waals surface area contributed by atoms with E-state index >= 15 is 0 Å². The van der Waals surface area contributed by atoms with Gasteiger partial charge >= 0.3 is 0 Å². The third-order valence-electron chi connectivity index (χ3n) is 3.99. The Morgan fingerprint density at radius 2 is 1.78 bits per heavy atom. The van der Waals surface area contributed by atoms with Gasteiger partial charge in [-0.25, -0.2) is 13.8 Å². The second kappa shape index (κ2) is 8.89. The quantitative estimate of drug-likeness (QED) is 0.598. The summed E-state index contributed by atoms with van der Waals surface area (Å²) < 4.78 is 26.2. The van der Waals surface area contributed by atoms with Crippen molar-refractivity contribution in [3.05, 3.63) is 89.6 Å². The molecule has 4 nitrogen and oxygen atoms in total. The van der Waals surface area contributed by atoms with E-state index in [4.69, 9.17) is 0 Å². The molecule has 0 spiro atoms. The number of benzene rings is 2.